The molecular weight excluding hydrogens is 468 g/mol. The highest BCUT2D eigenvalue weighted by atomic mass is 32.1. The van der Waals surface area contributed by atoms with Gasteiger partial charge in [-0.3, -0.25) is 9.59 Å². The predicted octanol–water partition coefficient (Wildman–Crippen LogP) is 4.39. The average Bonchev–Trinajstić information content (AvgIpc) is 3.57. The molecule has 1 N–H and O–H groups in total. The number of aliphatic hydroxyl groups excluding tert-OH is 1. The number of likely N-dealkylation sites (tertiary alicyclic amines) is 1. The van der Waals surface area contributed by atoms with E-state index in [1.165, 1.54) is 23.3 Å². The lowest BCUT2D eigenvalue weighted by atomic mass is 9.94. The van der Waals surface area contributed by atoms with Gasteiger partial charge in [0.05, 0.1) is 25.3 Å². The Kier molecular flexibility index (Phi) is 5.45. The van der Waals surface area contributed by atoms with Crippen molar-refractivity contribution >= 4 is 28.8 Å². The van der Waals surface area contributed by atoms with Gasteiger partial charge in [0.15, 0.2) is 23.1 Å². The number of Topliss-reactive ketones (excluding diaryl/α,β-unsaturated/α-hetero) is 1. The predicted molar refractivity (Wildman–Crippen MR) is 118 cm³/mol. The Morgan fingerprint density at radius 1 is 1.18 bits per heavy atom. The van der Waals surface area contributed by atoms with Crippen LogP contribution in [0.2, 0.25) is 0 Å². The maximum Gasteiger partial charge on any atom is 0.295 e. The molecule has 1 saturated heterocycles. The third-order valence-electron chi connectivity index (χ3n) is 5.64. The highest BCUT2D eigenvalue weighted by Gasteiger charge is 2.47. The highest BCUT2D eigenvalue weighted by molar-refractivity contribution is 7.09. The van der Waals surface area contributed by atoms with Gasteiger partial charge in [0, 0.05) is 10.4 Å². The molecule has 1 unspecified atom stereocenters. The molecule has 5 rings (SSSR count). The SMILES string of the molecule is COc1cc(C2/C(=C(\O)c3ccc(F)c(F)c3)C(=O)C(=O)N2Cc2cccs2)cc2c1OCO2. The monoisotopic (exact) mass is 485 g/mol. The van der Waals surface area contributed by atoms with Crippen molar-refractivity contribution in [2.75, 3.05) is 13.9 Å². The molecule has 2 aromatic carbocycles. The summed E-state index contributed by atoms with van der Waals surface area (Å²) >= 11 is 1.40. The molecular formula is C24H17F2NO6S. The Bertz CT molecular complexity index is 1340. The molecule has 34 heavy (non-hydrogen) atoms. The summed E-state index contributed by atoms with van der Waals surface area (Å²) in [4.78, 5) is 28.3. The number of carbonyl (C=O) groups excluding carboxylic acids is 2. The van der Waals surface area contributed by atoms with Gasteiger partial charge in [0.25, 0.3) is 11.7 Å². The zero-order chi connectivity index (χ0) is 24.0. The normalized spacial score (nSPS) is 18.6. The summed E-state index contributed by atoms with van der Waals surface area (Å²) in [6.07, 6.45) is 0. The number of hydrogen-bond acceptors (Lipinski definition) is 7. The lowest BCUT2D eigenvalue weighted by Gasteiger charge is -2.25. The van der Waals surface area contributed by atoms with Crippen molar-refractivity contribution in [2.45, 2.75) is 12.6 Å². The molecule has 0 radical (unpaired) electrons. The van der Waals surface area contributed by atoms with E-state index < -0.39 is 35.1 Å². The molecule has 2 aliphatic heterocycles. The fraction of sp³-hybridized carbons (Fsp3) is 0.167. The largest absolute Gasteiger partial charge is 0.507 e. The van der Waals surface area contributed by atoms with E-state index in [2.05, 4.69) is 0 Å². The van der Waals surface area contributed by atoms with Crippen molar-refractivity contribution in [3.8, 4) is 17.2 Å². The zero-order valence-electron chi connectivity index (χ0n) is 17.7. The Morgan fingerprint density at radius 3 is 2.71 bits per heavy atom. The second-order valence-corrected chi connectivity index (χ2v) is 8.62. The van der Waals surface area contributed by atoms with Crippen LogP contribution in [0, 0.1) is 11.6 Å². The number of benzene rings is 2. The standard InChI is InChI=1S/C24H17F2NO6S/c1-31-17-8-13(9-18-23(17)33-11-32-18)20-19(21(28)12-4-5-15(25)16(26)7-12)22(29)24(30)27(20)10-14-3-2-6-34-14/h2-9,20,28H,10-11H2,1H3/b21-19+. The molecule has 0 bridgehead atoms. The van der Waals surface area contributed by atoms with Crippen LogP contribution in [-0.2, 0) is 16.1 Å². The fourth-order valence-electron chi connectivity index (χ4n) is 4.07. The lowest BCUT2D eigenvalue weighted by molar-refractivity contribution is -0.140. The third-order valence-corrected chi connectivity index (χ3v) is 6.50. The zero-order valence-corrected chi connectivity index (χ0v) is 18.5. The Labute approximate surface area is 196 Å². The van der Waals surface area contributed by atoms with E-state index in [-0.39, 0.29) is 24.5 Å². The van der Waals surface area contributed by atoms with Gasteiger partial charge in [-0.05, 0) is 47.3 Å². The van der Waals surface area contributed by atoms with Gasteiger partial charge in [-0.2, -0.15) is 0 Å². The van der Waals surface area contributed by atoms with E-state index in [1.807, 2.05) is 17.5 Å². The summed E-state index contributed by atoms with van der Waals surface area (Å²) in [6, 6.07) is 8.52. The van der Waals surface area contributed by atoms with Crippen LogP contribution in [0.3, 0.4) is 0 Å². The van der Waals surface area contributed by atoms with Gasteiger partial charge in [-0.15, -0.1) is 11.3 Å². The number of fused-ring (bicyclic) bond motifs is 1. The van der Waals surface area contributed by atoms with Gasteiger partial charge in [-0.1, -0.05) is 6.07 Å². The molecule has 1 amide bonds. The van der Waals surface area contributed by atoms with E-state index in [9.17, 15) is 23.5 Å². The Morgan fingerprint density at radius 2 is 2.00 bits per heavy atom. The number of aliphatic hydroxyl groups is 1. The number of ether oxygens (including phenoxy) is 3. The number of hydrogen-bond donors (Lipinski definition) is 1. The minimum absolute atomic E-state index is 0.0284. The second kappa shape index (κ2) is 8.45. The first kappa shape index (κ1) is 21.9. The van der Waals surface area contributed by atoms with Crippen LogP contribution in [0.25, 0.3) is 5.76 Å². The van der Waals surface area contributed by atoms with Crippen LogP contribution < -0.4 is 14.2 Å². The van der Waals surface area contributed by atoms with Gasteiger partial charge < -0.3 is 24.2 Å². The summed E-state index contributed by atoms with van der Waals surface area (Å²) in [6.45, 7) is 0.0671. The molecule has 0 aliphatic carbocycles. The van der Waals surface area contributed by atoms with Crippen molar-refractivity contribution in [3.05, 3.63) is 81.1 Å². The molecule has 1 aromatic heterocycles. The number of thiophene rings is 1. The van der Waals surface area contributed by atoms with Gasteiger partial charge >= 0.3 is 0 Å². The van der Waals surface area contributed by atoms with Crippen LogP contribution in [0.15, 0.2) is 53.4 Å². The molecule has 0 spiro atoms. The average molecular weight is 485 g/mol. The molecule has 2 aliphatic rings. The first-order valence-corrected chi connectivity index (χ1v) is 11.0. The number of halogens is 2. The number of nitrogens with zero attached hydrogens (tertiary/aromatic N) is 1. The van der Waals surface area contributed by atoms with E-state index >= 15 is 0 Å². The molecule has 7 nitrogen and oxygen atoms in total. The third kappa shape index (κ3) is 3.56. The van der Waals surface area contributed by atoms with Crippen LogP contribution in [0.4, 0.5) is 8.78 Å². The van der Waals surface area contributed by atoms with Gasteiger partial charge in [0.2, 0.25) is 12.5 Å². The quantitative estimate of drug-likeness (QED) is 0.328. The van der Waals surface area contributed by atoms with Crippen LogP contribution in [0.5, 0.6) is 17.2 Å². The Hall–Kier alpha value is -3.92. The first-order chi connectivity index (χ1) is 16.4. The highest BCUT2D eigenvalue weighted by Crippen LogP contribution is 2.47. The van der Waals surface area contributed by atoms with Crippen LogP contribution >= 0.6 is 11.3 Å². The van der Waals surface area contributed by atoms with Crippen molar-refractivity contribution in [1.82, 2.24) is 4.90 Å². The Balaban J connectivity index is 1.70. The summed E-state index contributed by atoms with van der Waals surface area (Å²) in [5.74, 6) is -3.65. The van der Waals surface area contributed by atoms with Crippen LogP contribution in [-0.4, -0.2) is 35.6 Å². The number of carbonyl (C=O) groups is 2. The molecule has 1 atom stereocenters. The van der Waals surface area contributed by atoms with E-state index in [0.717, 1.165) is 23.1 Å². The minimum atomic E-state index is -1.20. The molecule has 174 valence electrons. The fourth-order valence-corrected chi connectivity index (χ4v) is 4.77. The van der Waals surface area contributed by atoms with E-state index in [0.29, 0.717) is 22.8 Å². The summed E-state index contributed by atoms with van der Waals surface area (Å²) in [7, 11) is 1.44. The second-order valence-electron chi connectivity index (χ2n) is 7.59. The number of amides is 1. The van der Waals surface area contributed by atoms with Crippen molar-refractivity contribution in [1.29, 1.82) is 0 Å². The lowest BCUT2D eigenvalue weighted by Crippen LogP contribution is -2.28. The smallest absolute Gasteiger partial charge is 0.295 e. The topological polar surface area (TPSA) is 85.3 Å². The van der Waals surface area contributed by atoms with Gasteiger partial charge in [0.1, 0.15) is 5.76 Å². The van der Waals surface area contributed by atoms with E-state index in [1.54, 1.807) is 12.1 Å². The van der Waals surface area contributed by atoms with Crippen LogP contribution in [0.1, 0.15) is 22.0 Å². The maximum absolute atomic E-state index is 13.9. The van der Waals surface area contributed by atoms with Crippen molar-refractivity contribution in [3.63, 3.8) is 0 Å². The summed E-state index contributed by atoms with van der Waals surface area (Å²) in [5.41, 5.74) is 0.0280. The molecule has 10 heteroatoms. The number of methoxy groups -OCH3 is 1. The minimum Gasteiger partial charge on any atom is -0.507 e. The maximum atomic E-state index is 13.9. The molecule has 1 fully saturated rings. The molecule has 0 saturated carbocycles. The van der Waals surface area contributed by atoms with Gasteiger partial charge in [-0.25, -0.2) is 8.78 Å². The summed E-state index contributed by atoms with van der Waals surface area (Å²) in [5, 5.41) is 12.9. The first-order valence-electron chi connectivity index (χ1n) is 10.1. The molecule has 3 aromatic rings. The van der Waals surface area contributed by atoms with Crippen molar-refractivity contribution < 1.29 is 37.7 Å². The van der Waals surface area contributed by atoms with E-state index in [4.69, 9.17) is 14.2 Å². The number of rotatable bonds is 5. The number of ketones is 1. The summed E-state index contributed by atoms with van der Waals surface area (Å²) < 4.78 is 43.7. The molecule has 3 heterocycles. The van der Waals surface area contributed by atoms with Crippen molar-refractivity contribution in [2.24, 2.45) is 0 Å².